The first-order chi connectivity index (χ1) is 4.93. The number of halogens is 1. The maximum Gasteiger partial charge on any atom is 0.106 e. The van der Waals surface area contributed by atoms with E-state index in [1.807, 2.05) is 37.1 Å². The predicted molar refractivity (Wildman–Crippen MR) is 43.1 cm³/mol. The number of hydrogen-bond acceptors (Lipinski definition) is 1. The van der Waals surface area contributed by atoms with Crippen LogP contribution in [0.5, 0.6) is 0 Å². The van der Waals surface area contributed by atoms with Crippen LogP contribution < -0.4 is 0 Å². The van der Waals surface area contributed by atoms with E-state index in [0.717, 1.165) is 0 Å². The van der Waals surface area contributed by atoms with Gasteiger partial charge in [0.15, 0.2) is 0 Å². The van der Waals surface area contributed by atoms with Crippen molar-refractivity contribution in [1.82, 2.24) is 0 Å². The van der Waals surface area contributed by atoms with Crippen LogP contribution >= 0.6 is 11.6 Å². The predicted octanol–water partition coefficient (Wildman–Crippen LogP) is 2.24. The van der Waals surface area contributed by atoms with Gasteiger partial charge in [-0.05, 0) is 5.56 Å². The lowest BCUT2D eigenvalue weighted by atomic mass is 10.2. The van der Waals surface area contributed by atoms with Crippen LogP contribution in [0.3, 0.4) is 0 Å². The molecule has 1 rings (SSSR count). The van der Waals surface area contributed by atoms with Gasteiger partial charge in [0.25, 0.3) is 0 Å². The monoisotopic (exact) mass is 156 g/mol. The normalized spacial score (nSPS) is 7.70. The molecule has 0 N–H and O–H groups in total. The maximum absolute atomic E-state index is 8.00. The molecule has 0 atom stereocenters. The second-order valence-electron chi connectivity index (χ2n) is 1.62. The third kappa shape index (κ3) is 3.25. The number of hydrogen-bond donors (Lipinski definition) is 0. The molecule has 0 fully saturated rings. The largest absolute Gasteiger partial charge is 0.307 e. The van der Waals surface area contributed by atoms with E-state index >= 15 is 0 Å². The highest BCUT2D eigenvalue weighted by atomic mass is 35.5. The molecule has 0 saturated carbocycles. The van der Waals surface area contributed by atoms with Crippen LogP contribution in [0, 0.1) is 0 Å². The molecular weight excluding hydrogens is 148 g/mol. The first kappa shape index (κ1) is 9.18. The van der Waals surface area contributed by atoms with Gasteiger partial charge in [-0.1, -0.05) is 30.3 Å². The minimum absolute atomic E-state index is 0.612. The minimum atomic E-state index is 0.612. The topological polar surface area (TPSA) is 17.1 Å². The Morgan fingerprint density at radius 1 is 1.20 bits per heavy atom. The molecule has 0 radical (unpaired) electrons. The smallest absolute Gasteiger partial charge is 0.106 e. The third-order valence-corrected chi connectivity index (χ3v) is 1.31. The molecule has 1 nitrogen and oxygen atoms in total. The maximum atomic E-state index is 8.00. The van der Waals surface area contributed by atoms with E-state index in [9.17, 15) is 0 Å². The highest BCUT2D eigenvalue weighted by Crippen LogP contribution is 2.00. The van der Waals surface area contributed by atoms with Gasteiger partial charge in [0.05, 0.1) is 0 Å². The van der Waals surface area contributed by atoms with Crippen molar-refractivity contribution in [2.45, 2.75) is 5.88 Å². The SMILES string of the molecule is C=O.ClCc1ccccc1. The van der Waals surface area contributed by atoms with Gasteiger partial charge in [0.1, 0.15) is 6.79 Å². The average molecular weight is 157 g/mol. The van der Waals surface area contributed by atoms with Crippen molar-refractivity contribution < 1.29 is 4.79 Å². The molecule has 0 spiro atoms. The summed E-state index contributed by atoms with van der Waals surface area (Å²) in [5.41, 5.74) is 1.18. The standard InChI is InChI=1S/C7H7Cl.CH2O/c8-6-7-4-2-1-3-5-7;1-2/h1-5H,6H2;1H2. The summed E-state index contributed by atoms with van der Waals surface area (Å²) in [5, 5.41) is 0. The fourth-order valence-corrected chi connectivity index (χ4v) is 0.745. The quantitative estimate of drug-likeness (QED) is 0.570. The van der Waals surface area contributed by atoms with E-state index in [1.165, 1.54) is 5.56 Å². The van der Waals surface area contributed by atoms with Crippen molar-refractivity contribution >= 4 is 18.4 Å². The molecule has 0 aliphatic carbocycles. The Morgan fingerprint density at radius 2 is 1.70 bits per heavy atom. The number of carbonyl (C=O) groups is 1. The van der Waals surface area contributed by atoms with E-state index in [-0.39, 0.29) is 0 Å². The molecule has 10 heavy (non-hydrogen) atoms. The zero-order valence-electron chi connectivity index (χ0n) is 5.59. The molecule has 0 amide bonds. The number of carbonyl (C=O) groups excluding carboxylic acids is 1. The second-order valence-corrected chi connectivity index (χ2v) is 1.89. The van der Waals surface area contributed by atoms with Gasteiger partial charge in [-0.2, -0.15) is 0 Å². The third-order valence-electron chi connectivity index (χ3n) is 0.997. The van der Waals surface area contributed by atoms with Crippen molar-refractivity contribution in [2.75, 3.05) is 0 Å². The van der Waals surface area contributed by atoms with Crippen LogP contribution in [0.15, 0.2) is 30.3 Å². The first-order valence-electron chi connectivity index (χ1n) is 2.82. The molecule has 0 aromatic heterocycles. The Labute approximate surface area is 65.6 Å². The summed E-state index contributed by atoms with van der Waals surface area (Å²) >= 11 is 5.53. The fraction of sp³-hybridized carbons (Fsp3) is 0.125. The molecule has 0 aliphatic rings. The molecule has 0 heterocycles. The summed E-state index contributed by atoms with van der Waals surface area (Å²) < 4.78 is 0. The fourth-order valence-electron chi connectivity index (χ4n) is 0.567. The first-order valence-corrected chi connectivity index (χ1v) is 3.35. The van der Waals surface area contributed by atoms with Crippen LogP contribution in [-0.2, 0) is 10.7 Å². The van der Waals surface area contributed by atoms with Crippen molar-refractivity contribution in [1.29, 1.82) is 0 Å². The lowest BCUT2D eigenvalue weighted by Gasteiger charge is -1.88. The summed E-state index contributed by atoms with van der Waals surface area (Å²) in [5.74, 6) is 0.612. The van der Waals surface area contributed by atoms with Gasteiger partial charge in [-0.3, -0.25) is 0 Å². The van der Waals surface area contributed by atoms with Gasteiger partial charge in [0, 0.05) is 5.88 Å². The van der Waals surface area contributed by atoms with Gasteiger partial charge >= 0.3 is 0 Å². The zero-order valence-corrected chi connectivity index (χ0v) is 6.34. The highest BCUT2D eigenvalue weighted by Gasteiger charge is 1.81. The van der Waals surface area contributed by atoms with Gasteiger partial charge in [0.2, 0.25) is 0 Å². The zero-order chi connectivity index (χ0) is 7.82. The Kier molecular flexibility index (Phi) is 5.79. The van der Waals surface area contributed by atoms with Crippen molar-refractivity contribution in [3.8, 4) is 0 Å². The lowest BCUT2D eigenvalue weighted by molar-refractivity contribution is -0.0979. The molecule has 0 bridgehead atoms. The summed E-state index contributed by atoms with van der Waals surface area (Å²) in [6.45, 7) is 2.00. The molecule has 0 saturated heterocycles. The van der Waals surface area contributed by atoms with Gasteiger partial charge in [-0.25, -0.2) is 0 Å². The van der Waals surface area contributed by atoms with Crippen LogP contribution in [-0.4, -0.2) is 6.79 Å². The lowest BCUT2D eigenvalue weighted by Crippen LogP contribution is -1.71. The highest BCUT2D eigenvalue weighted by molar-refractivity contribution is 6.17. The van der Waals surface area contributed by atoms with Crippen molar-refractivity contribution in [2.24, 2.45) is 0 Å². The van der Waals surface area contributed by atoms with Crippen LogP contribution in [0.4, 0.5) is 0 Å². The van der Waals surface area contributed by atoms with E-state index in [0.29, 0.717) is 5.88 Å². The van der Waals surface area contributed by atoms with Gasteiger partial charge in [-0.15, -0.1) is 11.6 Å². The summed E-state index contributed by atoms with van der Waals surface area (Å²) in [6.07, 6.45) is 0. The van der Waals surface area contributed by atoms with E-state index in [1.54, 1.807) is 0 Å². The summed E-state index contributed by atoms with van der Waals surface area (Å²) in [6, 6.07) is 9.96. The van der Waals surface area contributed by atoms with Gasteiger partial charge < -0.3 is 4.79 Å². The molecule has 2 heteroatoms. The average Bonchev–Trinajstić information content (AvgIpc) is 2.10. The number of alkyl halides is 1. The van der Waals surface area contributed by atoms with Crippen molar-refractivity contribution in [3.63, 3.8) is 0 Å². The molecule has 0 aliphatic heterocycles. The molecule has 0 unspecified atom stereocenters. The molecule has 1 aromatic rings. The van der Waals surface area contributed by atoms with E-state index < -0.39 is 0 Å². The van der Waals surface area contributed by atoms with E-state index in [2.05, 4.69) is 0 Å². The minimum Gasteiger partial charge on any atom is -0.307 e. The Hall–Kier alpha value is -0.820. The summed E-state index contributed by atoms with van der Waals surface area (Å²) in [7, 11) is 0. The molecule has 1 aromatic carbocycles. The summed E-state index contributed by atoms with van der Waals surface area (Å²) in [4.78, 5) is 8.00. The van der Waals surface area contributed by atoms with E-state index in [4.69, 9.17) is 16.4 Å². The molecular formula is C8H9ClO. The number of rotatable bonds is 1. The number of benzene rings is 1. The van der Waals surface area contributed by atoms with Crippen LogP contribution in [0.1, 0.15) is 5.56 Å². The van der Waals surface area contributed by atoms with Crippen LogP contribution in [0.25, 0.3) is 0 Å². The molecule has 54 valence electrons. The Bertz CT molecular complexity index is 162. The van der Waals surface area contributed by atoms with Crippen molar-refractivity contribution in [3.05, 3.63) is 35.9 Å². The van der Waals surface area contributed by atoms with Crippen LogP contribution in [0.2, 0.25) is 0 Å². The Morgan fingerprint density at radius 3 is 2.00 bits per heavy atom. The Balaban J connectivity index is 0.000000371. The second kappa shape index (κ2) is 6.30.